The second-order valence-corrected chi connectivity index (χ2v) is 5.80. The van der Waals surface area contributed by atoms with Crippen LogP contribution in [0.3, 0.4) is 0 Å². The molecule has 1 amide bonds. The van der Waals surface area contributed by atoms with Gasteiger partial charge in [-0.05, 0) is 37.9 Å². The van der Waals surface area contributed by atoms with Crippen LogP contribution in [0.1, 0.15) is 21.7 Å². The minimum Gasteiger partial charge on any atom is -0.444 e. The van der Waals surface area contributed by atoms with E-state index in [9.17, 15) is 4.79 Å². The van der Waals surface area contributed by atoms with Gasteiger partial charge >= 0.3 is 6.09 Å². The van der Waals surface area contributed by atoms with Gasteiger partial charge in [0.15, 0.2) is 0 Å². The summed E-state index contributed by atoms with van der Waals surface area (Å²) >= 11 is 7.50. The van der Waals surface area contributed by atoms with E-state index in [0.717, 1.165) is 27.4 Å². The predicted octanol–water partition coefficient (Wildman–Crippen LogP) is 4.47. The number of hydrogen-bond acceptors (Lipinski definition) is 4. The van der Waals surface area contributed by atoms with Gasteiger partial charge in [-0.3, -0.25) is 5.32 Å². The summed E-state index contributed by atoms with van der Waals surface area (Å²) in [6.45, 7) is 5.80. The molecule has 1 aromatic carbocycles. The zero-order chi connectivity index (χ0) is 14.7. The molecular formula is C14H15ClN2O2S. The minimum atomic E-state index is -0.506. The Morgan fingerprint density at radius 2 is 2.15 bits per heavy atom. The summed E-state index contributed by atoms with van der Waals surface area (Å²) in [7, 11) is 0. The van der Waals surface area contributed by atoms with Gasteiger partial charge < -0.3 is 4.74 Å². The van der Waals surface area contributed by atoms with Crippen molar-refractivity contribution >= 4 is 34.9 Å². The third kappa shape index (κ3) is 3.29. The summed E-state index contributed by atoms with van der Waals surface area (Å²) in [4.78, 5) is 12.7. The molecule has 0 atom stereocenters. The summed E-state index contributed by atoms with van der Waals surface area (Å²) in [5.41, 5.74) is 3.26. The summed E-state index contributed by atoms with van der Waals surface area (Å²) in [6, 6.07) is 5.63. The fraction of sp³-hybridized carbons (Fsp3) is 0.286. The number of amides is 1. The minimum absolute atomic E-state index is 0.141. The van der Waals surface area contributed by atoms with E-state index < -0.39 is 6.09 Å². The molecule has 6 heteroatoms. The monoisotopic (exact) mass is 310 g/mol. The first kappa shape index (κ1) is 14.8. The highest BCUT2D eigenvalue weighted by atomic mass is 35.5. The molecule has 1 aromatic heterocycles. The van der Waals surface area contributed by atoms with E-state index in [1.807, 2.05) is 39.0 Å². The lowest BCUT2D eigenvalue weighted by molar-refractivity contribution is 0.155. The van der Waals surface area contributed by atoms with Crippen molar-refractivity contribution in [2.75, 3.05) is 5.32 Å². The maximum absolute atomic E-state index is 11.8. The van der Waals surface area contributed by atoms with Crippen molar-refractivity contribution < 1.29 is 9.53 Å². The molecule has 4 nitrogen and oxygen atoms in total. The molecular weight excluding hydrogens is 296 g/mol. The molecule has 0 spiro atoms. The molecule has 0 aliphatic carbocycles. The Morgan fingerprint density at radius 1 is 1.40 bits per heavy atom. The topological polar surface area (TPSA) is 51.2 Å². The van der Waals surface area contributed by atoms with Crippen molar-refractivity contribution in [3.63, 3.8) is 0 Å². The average Bonchev–Trinajstić information content (AvgIpc) is 2.72. The van der Waals surface area contributed by atoms with Crippen molar-refractivity contribution in [1.29, 1.82) is 0 Å². The Morgan fingerprint density at radius 3 is 2.80 bits per heavy atom. The van der Waals surface area contributed by atoms with Crippen LogP contribution in [-0.4, -0.2) is 10.5 Å². The lowest BCUT2D eigenvalue weighted by atomic mass is 10.1. The van der Waals surface area contributed by atoms with Gasteiger partial charge in [0.1, 0.15) is 6.61 Å². The number of carbonyl (C=O) groups excluding carboxylic acids is 1. The van der Waals surface area contributed by atoms with Crippen LogP contribution in [0.4, 0.5) is 10.5 Å². The molecule has 0 fully saturated rings. The fourth-order valence-corrected chi connectivity index (χ4v) is 2.60. The Balaban J connectivity index is 1.98. The van der Waals surface area contributed by atoms with Crippen LogP contribution in [0.15, 0.2) is 18.2 Å². The molecule has 1 N–H and O–H groups in total. The normalized spacial score (nSPS) is 10.4. The largest absolute Gasteiger partial charge is 0.444 e. The van der Waals surface area contributed by atoms with Crippen LogP contribution in [0, 0.1) is 20.8 Å². The van der Waals surface area contributed by atoms with E-state index in [0.29, 0.717) is 5.02 Å². The molecule has 0 unspecified atom stereocenters. The smallest absolute Gasteiger partial charge is 0.412 e. The molecule has 1 heterocycles. The average molecular weight is 311 g/mol. The van der Waals surface area contributed by atoms with Crippen LogP contribution >= 0.6 is 23.1 Å². The van der Waals surface area contributed by atoms with Crippen molar-refractivity contribution in [1.82, 2.24) is 4.37 Å². The maximum Gasteiger partial charge on any atom is 0.412 e. The lowest BCUT2D eigenvalue weighted by Crippen LogP contribution is -2.14. The van der Waals surface area contributed by atoms with Crippen LogP contribution in [0.25, 0.3) is 0 Å². The Kier molecular flexibility index (Phi) is 4.62. The Hall–Kier alpha value is -1.59. The maximum atomic E-state index is 11.8. The first-order valence-corrected chi connectivity index (χ1v) is 7.25. The summed E-state index contributed by atoms with van der Waals surface area (Å²) in [5.74, 6) is 0. The Bertz CT molecular complexity index is 621. The number of anilines is 1. The molecule has 0 saturated heterocycles. The van der Waals surface area contributed by atoms with Crippen molar-refractivity contribution in [2.24, 2.45) is 0 Å². The summed E-state index contributed by atoms with van der Waals surface area (Å²) < 4.78 is 9.35. The highest BCUT2D eigenvalue weighted by molar-refractivity contribution is 7.06. The van der Waals surface area contributed by atoms with E-state index in [-0.39, 0.29) is 6.61 Å². The van der Waals surface area contributed by atoms with E-state index in [1.165, 1.54) is 11.5 Å². The molecule has 2 rings (SSSR count). The zero-order valence-corrected chi connectivity index (χ0v) is 13.1. The second kappa shape index (κ2) is 6.24. The Labute approximate surface area is 126 Å². The van der Waals surface area contributed by atoms with Crippen molar-refractivity contribution in [3.05, 3.63) is 44.9 Å². The molecule has 20 heavy (non-hydrogen) atoms. The van der Waals surface area contributed by atoms with Gasteiger partial charge in [0, 0.05) is 10.4 Å². The van der Waals surface area contributed by atoms with Gasteiger partial charge in [0.2, 0.25) is 0 Å². The van der Waals surface area contributed by atoms with Gasteiger partial charge in [-0.2, -0.15) is 4.37 Å². The van der Waals surface area contributed by atoms with Gasteiger partial charge in [0.25, 0.3) is 0 Å². The van der Waals surface area contributed by atoms with Crippen LogP contribution < -0.4 is 5.32 Å². The number of ether oxygens (including phenoxy) is 1. The van der Waals surface area contributed by atoms with Crippen molar-refractivity contribution in [3.8, 4) is 0 Å². The standard InChI is InChI=1S/C14H15ClN2O2S/c1-8-5-4-6-11(12(8)15)7-19-14(18)16-13-9(2)17-20-10(13)3/h4-6H,7H2,1-3H3,(H,16,18). The predicted molar refractivity (Wildman–Crippen MR) is 81.6 cm³/mol. The molecule has 0 bridgehead atoms. The number of nitrogens with one attached hydrogen (secondary N) is 1. The van der Waals surface area contributed by atoms with E-state index in [4.69, 9.17) is 16.3 Å². The number of hydrogen-bond donors (Lipinski definition) is 1. The van der Waals surface area contributed by atoms with E-state index in [2.05, 4.69) is 9.69 Å². The molecule has 0 aliphatic heterocycles. The third-order valence-electron chi connectivity index (χ3n) is 2.89. The third-order valence-corrected chi connectivity index (χ3v) is 4.27. The van der Waals surface area contributed by atoms with Crippen LogP contribution in [0.5, 0.6) is 0 Å². The molecule has 0 saturated carbocycles. The number of aryl methyl sites for hydroxylation is 3. The molecule has 0 radical (unpaired) electrons. The number of benzene rings is 1. The highest BCUT2D eigenvalue weighted by Gasteiger charge is 2.12. The summed E-state index contributed by atoms with van der Waals surface area (Å²) in [6.07, 6.45) is -0.506. The van der Waals surface area contributed by atoms with Gasteiger partial charge in [-0.15, -0.1) is 0 Å². The van der Waals surface area contributed by atoms with Crippen molar-refractivity contribution in [2.45, 2.75) is 27.4 Å². The number of carbonyl (C=O) groups is 1. The number of rotatable bonds is 3. The molecule has 2 aromatic rings. The summed E-state index contributed by atoms with van der Waals surface area (Å²) in [5, 5.41) is 3.34. The SMILES string of the molecule is Cc1cccc(COC(=O)Nc2c(C)nsc2C)c1Cl. The highest BCUT2D eigenvalue weighted by Crippen LogP contribution is 2.24. The second-order valence-electron chi connectivity index (χ2n) is 4.45. The fourth-order valence-electron chi connectivity index (χ4n) is 1.76. The first-order valence-electron chi connectivity index (χ1n) is 6.09. The van der Waals surface area contributed by atoms with Gasteiger partial charge in [-0.25, -0.2) is 4.79 Å². The molecule has 0 aliphatic rings. The van der Waals surface area contributed by atoms with E-state index in [1.54, 1.807) is 0 Å². The van der Waals surface area contributed by atoms with Gasteiger partial charge in [0.05, 0.1) is 16.4 Å². The molecule has 106 valence electrons. The van der Waals surface area contributed by atoms with Crippen LogP contribution in [-0.2, 0) is 11.3 Å². The number of halogens is 1. The lowest BCUT2D eigenvalue weighted by Gasteiger charge is -2.09. The first-order chi connectivity index (χ1) is 9.49. The number of nitrogens with zero attached hydrogens (tertiary/aromatic N) is 1. The van der Waals surface area contributed by atoms with E-state index >= 15 is 0 Å². The van der Waals surface area contributed by atoms with Gasteiger partial charge in [-0.1, -0.05) is 29.8 Å². The zero-order valence-electron chi connectivity index (χ0n) is 11.5. The number of aromatic nitrogens is 1. The quantitative estimate of drug-likeness (QED) is 0.910. The van der Waals surface area contributed by atoms with Crippen LogP contribution in [0.2, 0.25) is 5.02 Å².